The molecule has 0 heterocycles. The van der Waals surface area contributed by atoms with E-state index in [4.69, 9.17) is 21.6 Å². The summed E-state index contributed by atoms with van der Waals surface area (Å²) in [7, 11) is 0. The zero-order valence-electron chi connectivity index (χ0n) is 10.4. The van der Waals surface area contributed by atoms with E-state index in [-0.39, 0.29) is 0 Å². The highest BCUT2D eigenvalue weighted by molar-refractivity contribution is 6.17. The molecule has 92 valence electrons. The summed E-state index contributed by atoms with van der Waals surface area (Å²) < 4.78 is 5.76. The Morgan fingerprint density at radius 2 is 1.88 bits per heavy atom. The molecule has 2 nitrogen and oxygen atoms in total. The highest BCUT2D eigenvalue weighted by Gasteiger charge is 2.05. The lowest BCUT2D eigenvalue weighted by Gasteiger charge is -2.13. The minimum atomic E-state index is 0.532. The third-order valence-electron chi connectivity index (χ3n) is 2.60. The maximum atomic E-state index is 8.43. The normalized spacial score (nSPS) is 10.0. The Morgan fingerprint density at radius 1 is 1.24 bits per heavy atom. The number of hydrogen-bond donors (Lipinski definition) is 0. The fraction of sp³-hybridized carbons (Fsp3) is 0.500. The summed E-state index contributed by atoms with van der Waals surface area (Å²) in [5.41, 5.74) is 3.38. The number of nitrogens with zero attached hydrogens (tertiary/aromatic N) is 1. The Bertz CT molecular complexity index is 386. The number of hydrogen-bond acceptors (Lipinski definition) is 2. The van der Waals surface area contributed by atoms with E-state index in [1.807, 2.05) is 13.8 Å². The van der Waals surface area contributed by atoms with Gasteiger partial charge in [0.25, 0.3) is 0 Å². The Labute approximate surface area is 108 Å². The molecular formula is C14H18ClNO. The summed E-state index contributed by atoms with van der Waals surface area (Å²) in [6.45, 7) is 4.74. The van der Waals surface area contributed by atoms with Crippen LogP contribution in [0.15, 0.2) is 12.1 Å². The predicted molar refractivity (Wildman–Crippen MR) is 70.4 cm³/mol. The van der Waals surface area contributed by atoms with Crippen molar-refractivity contribution in [3.8, 4) is 11.8 Å². The second kappa shape index (κ2) is 7.19. The topological polar surface area (TPSA) is 33.0 Å². The van der Waals surface area contributed by atoms with Gasteiger partial charge in [-0.05, 0) is 43.4 Å². The van der Waals surface area contributed by atoms with Crippen LogP contribution < -0.4 is 4.74 Å². The summed E-state index contributed by atoms with van der Waals surface area (Å²) in [6.07, 6.45) is 2.42. The average Bonchev–Trinajstić information content (AvgIpc) is 2.31. The number of alkyl halides is 1. The molecule has 0 spiro atoms. The van der Waals surface area contributed by atoms with Crippen molar-refractivity contribution < 1.29 is 4.74 Å². The highest BCUT2D eigenvalue weighted by Crippen LogP contribution is 2.25. The first-order valence-electron chi connectivity index (χ1n) is 5.85. The fourth-order valence-corrected chi connectivity index (χ4v) is 1.98. The van der Waals surface area contributed by atoms with Gasteiger partial charge in [0.2, 0.25) is 0 Å². The van der Waals surface area contributed by atoms with Crippen molar-refractivity contribution in [1.29, 1.82) is 5.26 Å². The van der Waals surface area contributed by atoms with Crippen molar-refractivity contribution in [2.24, 2.45) is 0 Å². The smallest absolute Gasteiger partial charge is 0.125 e. The first-order chi connectivity index (χ1) is 8.19. The molecule has 0 bridgehead atoms. The molecule has 0 aliphatic carbocycles. The average molecular weight is 252 g/mol. The molecule has 0 radical (unpaired) electrons. The van der Waals surface area contributed by atoms with Gasteiger partial charge in [-0.2, -0.15) is 5.26 Å². The molecule has 0 N–H and O–H groups in total. The van der Waals surface area contributed by atoms with Gasteiger partial charge in [0, 0.05) is 12.3 Å². The van der Waals surface area contributed by atoms with Gasteiger partial charge in [0.05, 0.1) is 12.7 Å². The number of unbranched alkanes of at least 4 members (excludes halogenated alkanes) is 2. The van der Waals surface area contributed by atoms with Crippen LogP contribution in [0.2, 0.25) is 0 Å². The van der Waals surface area contributed by atoms with Crippen LogP contribution in [-0.4, -0.2) is 6.61 Å². The molecule has 0 fully saturated rings. The third kappa shape index (κ3) is 4.28. The van der Waals surface area contributed by atoms with Gasteiger partial charge < -0.3 is 4.74 Å². The number of ether oxygens (including phenoxy) is 1. The maximum Gasteiger partial charge on any atom is 0.125 e. The van der Waals surface area contributed by atoms with Crippen molar-refractivity contribution in [1.82, 2.24) is 0 Å². The molecule has 0 saturated carbocycles. The van der Waals surface area contributed by atoms with Gasteiger partial charge in [-0.25, -0.2) is 0 Å². The molecule has 3 heteroatoms. The van der Waals surface area contributed by atoms with Crippen LogP contribution in [0.25, 0.3) is 0 Å². The molecule has 1 aromatic carbocycles. The van der Waals surface area contributed by atoms with Gasteiger partial charge in [-0.3, -0.25) is 0 Å². The quantitative estimate of drug-likeness (QED) is 0.563. The van der Waals surface area contributed by atoms with Gasteiger partial charge in [0.1, 0.15) is 5.75 Å². The Morgan fingerprint density at radius 3 is 2.41 bits per heavy atom. The van der Waals surface area contributed by atoms with Gasteiger partial charge in [-0.15, -0.1) is 11.6 Å². The molecule has 0 unspecified atom stereocenters. The molecule has 1 rings (SSSR count). The van der Waals surface area contributed by atoms with E-state index < -0.39 is 0 Å². The second-order valence-electron chi connectivity index (χ2n) is 4.16. The van der Waals surface area contributed by atoms with E-state index in [0.29, 0.717) is 18.9 Å². The van der Waals surface area contributed by atoms with E-state index in [2.05, 4.69) is 18.2 Å². The number of rotatable bonds is 6. The fourth-order valence-electron chi connectivity index (χ4n) is 1.83. The predicted octanol–water partition coefficient (Wildman–Crippen LogP) is 4.11. The largest absolute Gasteiger partial charge is 0.493 e. The van der Waals surface area contributed by atoms with E-state index in [1.54, 1.807) is 0 Å². The standard InChI is InChI=1S/C14H18ClNO/c1-11-8-13(10-15)9-12(2)14(11)17-7-5-3-4-6-16/h8-9H,3-5,7,10H2,1-2H3. The van der Waals surface area contributed by atoms with Crippen LogP contribution in [0.3, 0.4) is 0 Å². The lowest BCUT2D eigenvalue weighted by molar-refractivity contribution is 0.303. The van der Waals surface area contributed by atoms with Crippen molar-refractivity contribution >= 4 is 11.6 Å². The number of aryl methyl sites for hydroxylation is 2. The van der Waals surface area contributed by atoms with E-state index in [9.17, 15) is 0 Å². The van der Waals surface area contributed by atoms with Crippen LogP contribution in [0.1, 0.15) is 36.0 Å². The van der Waals surface area contributed by atoms with Crippen molar-refractivity contribution in [3.63, 3.8) is 0 Å². The van der Waals surface area contributed by atoms with Crippen LogP contribution in [-0.2, 0) is 5.88 Å². The summed E-state index contributed by atoms with van der Waals surface area (Å²) >= 11 is 5.81. The lowest BCUT2D eigenvalue weighted by atomic mass is 10.1. The second-order valence-corrected chi connectivity index (χ2v) is 4.42. The van der Waals surface area contributed by atoms with Gasteiger partial charge in [-0.1, -0.05) is 12.1 Å². The van der Waals surface area contributed by atoms with Crippen molar-refractivity contribution in [2.45, 2.75) is 39.0 Å². The zero-order valence-corrected chi connectivity index (χ0v) is 11.2. The summed E-state index contributed by atoms with van der Waals surface area (Å²) in [4.78, 5) is 0. The Hall–Kier alpha value is -1.20. The number of nitriles is 1. The summed E-state index contributed by atoms with van der Waals surface area (Å²) in [5, 5.41) is 8.43. The highest BCUT2D eigenvalue weighted by atomic mass is 35.5. The van der Waals surface area contributed by atoms with Crippen LogP contribution in [0, 0.1) is 25.2 Å². The van der Waals surface area contributed by atoms with E-state index >= 15 is 0 Å². The van der Waals surface area contributed by atoms with Crippen LogP contribution in [0.5, 0.6) is 5.75 Å². The first kappa shape index (κ1) is 13.9. The zero-order chi connectivity index (χ0) is 12.7. The Kier molecular flexibility index (Phi) is 5.86. The molecule has 1 aromatic rings. The lowest BCUT2D eigenvalue weighted by Crippen LogP contribution is -2.01. The molecule has 0 aliphatic heterocycles. The molecule has 17 heavy (non-hydrogen) atoms. The van der Waals surface area contributed by atoms with Crippen molar-refractivity contribution in [2.75, 3.05) is 6.61 Å². The Balaban J connectivity index is 2.56. The van der Waals surface area contributed by atoms with Crippen molar-refractivity contribution in [3.05, 3.63) is 28.8 Å². The molecule has 0 aromatic heterocycles. The minimum Gasteiger partial charge on any atom is -0.493 e. The van der Waals surface area contributed by atoms with Gasteiger partial charge in [0.15, 0.2) is 0 Å². The van der Waals surface area contributed by atoms with Crippen LogP contribution >= 0.6 is 11.6 Å². The number of benzene rings is 1. The summed E-state index contributed by atoms with van der Waals surface area (Å²) in [5.74, 6) is 1.49. The van der Waals surface area contributed by atoms with E-state index in [0.717, 1.165) is 35.3 Å². The molecule has 0 amide bonds. The minimum absolute atomic E-state index is 0.532. The summed E-state index contributed by atoms with van der Waals surface area (Å²) in [6, 6.07) is 6.25. The first-order valence-corrected chi connectivity index (χ1v) is 6.38. The molecule has 0 aliphatic rings. The SMILES string of the molecule is Cc1cc(CCl)cc(C)c1OCCCCC#N. The monoisotopic (exact) mass is 251 g/mol. The molecule has 0 saturated heterocycles. The van der Waals surface area contributed by atoms with E-state index in [1.165, 1.54) is 0 Å². The number of halogens is 1. The maximum absolute atomic E-state index is 8.43. The third-order valence-corrected chi connectivity index (χ3v) is 2.91. The molecular weight excluding hydrogens is 234 g/mol. The molecule has 0 atom stereocenters. The van der Waals surface area contributed by atoms with Gasteiger partial charge >= 0.3 is 0 Å². The van der Waals surface area contributed by atoms with Crippen LogP contribution in [0.4, 0.5) is 0 Å².